The van der Waals surface area contributed by atoms with Gasteiger partial charge in [-0.2, -0.15) is 13.2 Å². The number of nitrogens with zero attached hydrogens (tertiary/aromatic N) is 1. The molecule has 0 saturated heterocycles. The predicted molar refractivity (Wildman–Crippen MR) is 49.6 cm³/mol. The second kappa shape index (κ2) is 4.61. The average Bonchev–Trinajstić information content (AvgIpc) is 2.47. The molecule has 0 aliphatic carbocycles. The first-order chi connectivity index (χ1) is 6.87. The molecule has 0 saturated carbocycles. The number of rotatable bonds is 3. The van der Waals surface area contributed by atoms with Crippen molar-refractivity contribution >= 4 is 17.2 Å². The van der Waals surface area contributed by atoms with Gasteiger partial charge in [-0.15, -0.1) is 11.3 Å². The van der Waals surface area contributed by atoms with Gasteiger partial charge < -0.3 is 5.32 Å². The fourth-order valence-electron chi connectivity index (χ4n) is 0.915. The maximum Gasteiger partial charge on any atom is 0.405 e. The van der Waals surface area contributed by atoms with E-state index in [2.05, 4.69) is 4.98 Å². The van der Waals surface area contributed by atoms with Gasteiger partial charge in [-0.05, 0) is 6.92 Å². The fraction of sp³-hybridized carbons (Fsp3) is 0.500. The molecule has 0 atom stereocenters. The van der Waals surface area contributed by atoms with E-state index in [1.54, 1.807) is 17.6 Å². The van der Waals surface area contributed by atoms with E-state index >= 15 is 0 Å². The highest BCUT2D eigenvalue weighted by Gasteiger charge is 2.27. The summed E-state index contributed by atoms with van der Waals surface area (Å²) in [6.07, 6.45) is -4.48. The van der Waals surface area contributed by atoms with Crippen LogP contribution in [0.25, 0.3) is 0 Å². The highest BCUT2D eigenvalue weighted by molar-refractivity contribution is 7.09. The Hall–Kier alpha value is -1.11. The summed E-state index contributed by atoms with van der Waals surface area (Å²) in [4.78, 5) is 15.0. The lowest BCUT2D eigenvalue weighted by Gasteiger charge is -2.07. The number of carbonyl (C=O) groups excluding carboxylic acids is 1. The molecule has 0 fully saturated rings. The molecule has 7 heteroatoms. The van der Waals surface area contributed by atoms with E-state index in [1.807, 2.05) is 0 Å². The van der Waals surface area contributed by atoms with Crippen LogP contribution in [0, 0.1) is 6.92 Å². The molecular formula is C8H9F3N2OS. The number of aryl methyl sites for hydroxylation is 1. The van der Waals surface area contributed by atoms with E-state index in [0.717, 1.165) is 5.01 Å². The molecule has 0 aliphatic rings. The molecule has 15 heavy (non-hydrogen) atoms. The third kappa shape index (κ3) is 4.78. The maximum atomic E-state index is 11.7. The number of thiazole rings is 1. The summed E-state index contributed by atoms with van der Waals surface area (Å²) in [5.74, 6) is -0.669. The Morgan fingerprint density at radius 3 is 2.73 bits per heavy atom. The molecule has 0 unspecified atom stereocenters. The number of aromatic nitrogens is 1. The zero-order chi connectivity index (χ0) is 11.5. The van der Waals surface area contributed by atoms with Crippen LogP contribution in [0.4, 0.5) is 13.2 Å². The zero-order valence-electron chi connectivity index (χ0n) is 7.89. The molecule has 1 amide bonds. The summed E-state index contributed by atoms with van der Waals surface area (Å²) in [5.41, 5.74) is 0.497. The molecule has 0 bridgehead atoms. The van der Waals surface area contributed by atoms with E-state index in [0.29, 0.717) is 5.69 Å². The van der Waals surface area contributed by atoms with Gasteiger partial charge in [0, 0.05) is 5.38 Å². The maximum absolute atomic E-state index is 11.7. The Labute approximate surface area is 88.3 Å². The summed E-state index contributed by atoms with van der Waals surface area (Å²) in [6.45, 7) is 0.469. The van der Waals surface area contributed by atoms with Crippen LogP contribution in [-0.4, -0.2) is 23.6 Å². The zero-order valence-corrected chi connectivity index (χ0v) is 8.71. The van der Waals surface area contributed by atoms with Gasteiger partial charge in [-0.3, -0.25) is 4.79 Å². The van der Waals surface area contributed by atoms with Crippen molar-refractivity contribution in [1.29, 1.82) is 0 Å². The van der Waals surface area contributed by atoms with Crippen molar-refractivity contribution in [2.45, 2.75) is 19.5 Å². The topological polar surface area (TPSA) is 42.0 Å². The van der Waals surface area contributed by atoms with Crippen molar-refractivity contribution in [2.75, 3.05) is 6.54 Å². The minimum absolute atomic E-state index is 0.111. The number of hydrogen-bond acceptors (Lipinski definition) is 3. The summed E-state index contributed by atoms with van der Waals surface area (Å²) < 4.78 is 35.2. The highest BCUT2D eigenvalue weighted by atomic mass is 32.1. The Bertz CT molecular complexity index is 348. The molecule has 0 spiro atoms. The number of halogens is 3. The molecule has 1 aromatic rings. The van der Waals surface area contributed by atoms with Crippen LogP contribution in [-0.2, 0) is 11.2 Å². The first-order valence-corrected chi connectivity index (χ1v) is 4.99. The number of alkyl halides is 3. The Balaban J connectivity index is 2.37. The van der Waals surface area contributed by atoms with Crippen molar-refractivity contribution < 1.29 is 18.0 Å². The van der Waals surface area contributed by atoms with Crippen LogP contribution in [0.5, 0.6) is 0 Å². The first-order valence-electron chi connectivity index (χ1n) is 4.11. The van der Waals surface area contributed by atoms with Gasteiger partial charge in [-0.1, -0.05) is 0 Å². The third-order valence-electron chi connectivity index (χ3n) is 1.49. The Morgan fingerprint density at radius 2 is 2.27 bits per heavy atom. The lowest BCUT2D eigenvalue weighted by atomic mass is 10.3. The molecule has 0 aromatic carbocycles. The van der Waals surface area contributed by atoms with E-state index in [4.69, 9.17) is 0 Å². The molecule has 1 aromatic heterocycles. The lowest BCUT2D eigenvalue weighted by Crippen LogP contribution is -2.34. The van der Waals surface area contributed by atoms with Crippen molar-refractivity contribution in [3.05, 3.63) is 16.1 Å². The van der Waals surface area contributed by atoms with Crippen molar-refractivity contribution in [3.63, 3.8) is 0 Å². The lowest BCUT2D eigenvalue weighted by molar-refractivity contribution is -0.138. The van der Waals surface area contributed by atoms with Crippen LogP contribution >= 0.6 is 11.3 Å². The summed E-state index contributed by atoms with van der Waals surface area (Å²) in [7, 11) is 0. The third-order valence-corrected chi connectivity index (χ3v) is 2.32. The van der Waals surface area contributed by atoms with Crippen LogP contribution < -0.4 is 5.32 Å². The smallest absolute Gasteiger partial charge is 0.347 e. The van der Waals surface area contributed by atoms with Crippen molar-refractivity contribution in [2.24, 2.45) is 0 Å². The summed E-state index contributed by atoms with van der Waals surface area (Å²) in [5, 5.41) is 4.22. The number of amides is 1. The Kier molecular flexibility index (Phi) is 3.67. The summed E-state index contributed by atoms with van der Waals surface area (Å²) >= 11 is 1.36. The van der Waals surface area contributed by atoms with Crippen LogP contribution in [0.1, 0.15) is 10.7 Å². The Morgan fingerprint density at radius 1 is 1.60 bits per heavy atom. The van der Waals surface area contributed by atoms with Gasteiger partial charge in [0.05, 0.1) is 17.1 Å². The van der Waals surface area contributed by atoms with Gasteiger partial charge in [0.1, 0.15) is 6.54 Å². The van der Waals surface area contributed by atoms with Gasteiger partial charge in [0.15, 0.2) is 0 Å². The second-order valence-electron chi connectivity index (χ2n) is 2.93. The fourth-order valence-corrected chi connectivity index (χ4v) is 1.53. The minimum atomic E-state index is -4.37. The number of hydrogen-bond donors (Lipinski definition) is 1. The van der Waals surface area contributed by atoms with Crippen LogP contribution in [0.2, 0.25) is 0 Å². The second-order valence-corrected chi connectivity index (χ2v) is 3.99. The van der Waals surface area contributed by atoms with E-state index in [9.17, 15) is 18.0 Å². The monoisotopic (exact) mass is 238 g/mol. The van der Waals surface area contributed by atoms with Crippen LogP contribution in [0.15, 0.2) is 5.38 Å². The predicted octanol–water partition coefficient (Wildman–Crippen LogP) is 1.67. The van der Waals surface area contributed by atoms with Gasteiger partial charge in [0.25, 0.3) is 0 Å². The number of carbonyl (C=O) groups is 1. The van der Waals surface area contributed by atoms with E-state index < -0.39 is 18.6 Å². The van der Waals surface area contributed by atoms with Crippen molar-refractivity contribution in [3.8, 4) is 0 Å². The molecule has 0 aliphatic heterocycles. The molecule has 1 N–H and O–H groups in total. The first kappa shape index (κ1) is 12.0. The molecule has 3 nitrogen and oxygen atoms in total. The van der Waals surface area contributed by atoms with E-state index in [1.165, 1.54) is 11.3 Å². The molecular weight excluding hydrogens is 229 g/mol. The van der Waals surface area contributed by atoms with E-state index in [-0.39, 0.29) is 6.42 Å². The molecule has 1 heterocycles. The normalized spacial score (nSPS) is 11.5. The SMILES string of the molecule is Cc1nc(CC(=O)NCC(F)(F)F)cs1. The van der Waals surface area contributed by atoms with Gasteiger partial charge in [-0.25, -0.2) is 4.98 Å². The van der Waals surface area contributed by atoms with Crippen molar-refractivity contribution in [1.82, 2.24) is 10.3 Å². The largest absolute Gasteiger partial charge is 0.405 e. The number of nitrogens with one attached hydrogen (secondary N) is 1. The van der Waals surface area contributed by atoms with Crippen LogP contribution in [0.3, 0.4) is 0 Å². The summed E-state index contributed by atoms with van der Waals surface area (Å²) in [6, 6.07) is 0. The standard InChI is InChI=1S/C8H9F3N2OS/c1-5-13-6(3-15-5)2-7(14)12-4-8(9,10)11/h3H,2,4H2,1H3,(H,12,14). The molecule has 84 valence electrons. The molecule has 1 rings (SSSR count). The van der Waals surface area contributed by atoms with Gasteiger partial charge in [0.2, 0.25) is 5.91 Å². The molecule has 0 radical (unpaired) electrons. The highest BCUT2D eigenvalue weighted by Crippen LogP contribution is 2.12. The quantitative estimate of drug-likeness (QED) is 0.870. The van der Waals surface area contributed by atoms with Gasteiger partial charge >= 0.3 is 6.18 Å². The average molecular weight is 238 g/mol. The minimum Gasteiger partial charge on any atom is -0.347 e.